The number of hydrogen-bond acceptors (Lipinski definition) is 6. The lowest BCUT2D eigenvalue weighted by Crippen LogP contribution is -2.38. The van der Waals surface area contributed by atoms with Crippen LogP contribution in [0.25, 0.3) is 0 Å². The average molecular weight is 410 g/mol. The third kappa shape index (κ3) is 3.98. The number of methoxy groups -OCH3 is 1. The lowest BCUT2D eigenvalue weighted by Gasteiger charge is -2.28. The first kappa shape index (κ1) is 20.2. The fourth-order valence-corrected chi connectivity index (χ4v) is 4.12. The minimum Gasteiger partial charge on any atom is -0.486 e. The molecule has 7 nitrogen and oxygen atoms in total. The maximum atomic E-state index is 13.1. The van der Waals surface area contributed by atoms with Crippen molar-refractivity contribution in [1.29, 1.82) is 0 Å². The minimum atomic E-state index is -0.458. The van der Waals surface area contributed by atoms with Crippen molar-refractivity contribution in [3.05, 3.63) is 53.6 Å². The molecule has 4 rings (SSSR count). The van der Waals surface area contributed by atoms with Crippen molar-refractivity contribution in [3.63, 3.8) is 0 Å². The number of amides is 1. The van der Waals surface area contributed by atoms with E-state index in [1.165, 1.54) is 12.0 Å². The van der Waals surface area contributed by atoms with Crippen LogP contribution in [0.4, 0.5) is 5.69 Å². The summed E-state index contributed by atoms with van der Waals surface area (Å²) in [5.41, 5.74) is 2.05. The van der Waals surface area contributed by atoms with Crippen molar-refractivity contribution >= 4 is 17.6 Å². The van der Waals surface area contributed by atoms with E-state index >= 15 is 0 Å². The molecule has 158 valence electrons. The quantitative estimate of drug-likeness (QED) is 0.706. The van der Waals surface area contributed by atoms with E-state index in [2.05, 4.69) is 11.0 Å². The van der Waals surface area contributed by atoms with Crippen LogP contribution in [0.2, 0.25) is 0 Å². The zero-order valence-electron chi connectivity index (χ0n) is 17.3. The van der Waals surface area contributed by atoms with E-state index in [0.29, 0.717) is 24.5 Å². The zero-order chi connectivity index (χ0) is 21.1. The molecule has 0 radical (unpaired) electrons. The van der Waals surface area contributed by atoms with Crippen LogP contribution in [-0.4, -0.2) is 57.2 Å². The molecular weight excluding hydrogens is 384 g/mol. The number of anilines is 1. The summed E-state index contributed by atoms with van der Waals surface area (Å²) in [5.74, 6) is 1.00. The molecule has 0 bridgehead atoms. The summed E-state index contributed by atoms with van der Waals surface area (Å²) in [6.45, 7) is 2.23. The smallest absolute Gasteiger partial charge is 0.339 e. The van der Waals surface area contributed by atoms with Gasteiger partial charge in [0.2, 0.25) is 5.91 Å². The molecule has 0 aliphatic carbocycles. The summed E-state index contributed by atoms with van der Waals surface area (Å²) < 4.78 is 16.2. The third-order valence-corrected chi connectivity index (χ3v) is 5.70. The molecule has 30 heavy (non-hydrogen) atoms. The summed E-state index contributed by atoms with van der Waals surface area (Å²) >= 11 is 0. The number of fused-ring (bicyclic) bond motifs is 1. The molecule has 0 spiro atoms. The second kappa shape index (κ2) is 8.75. The van der Waals surface area contributed by atoms with Gasteiger partial charge in [-0.1, -0.05) is 18.2 Å². The van der Waals surface area contributed by atoms with E-state index in [-0.39, 0.29) is 18.5 Å². The van der Waals surface area contributed by atoms with Gasteiger partial charge in [0.05, 0.1) is 24.9 Å². The molecule has 2 aromatic rings. The first-order chi connectivity index (χ1) is 14.6. The molecule has 2 aromatic carbocycles. The van der Waals surface area contributed by atoms with Crippen molar-refractivity contribution < 1.29 is 23.8 Å². The molecule has 1 saturated heterocycles. The first-order valence-electron chi connectivity index (χ1n) is 10.2. The summed E-state index contributed by atoms with van der Waals surface area (Å²) in [5, 5.41) is 0. The van der Waals surface area contributed by atoms with Crippen molar-refractivity contribution in [2.75, 3.05) is 45.4 Å². The summed E-state index contributed by atoms with van der Waals surface area (Å²) in [6.07, 6.45) is 2.00. The number of rotatable bonds is 5. The molecule has 2 aliphatic rings. The molecule has 0 N–H and O–H groups in total. The number of likely N-dealkylation sites (tertiary alicyclic amines) is 1. The fraction of sp³-hybridized carbons (Fsp3) is 0.391. The Balaban J connectivity index is 1.50. The number of nitrogens with zero attached hydrogens (tertiary/aromatic N) is 2. The number of ether oxygens (including phenoxy) is 3. The molecule has 2 aliphatic heterocycles. The number of hydrogen-bond donors (Lipinski definition) is 0. The summed E-state index contributed by atoms with van der Waals surface area (Å²) in [4.78, 5) is 28.8. The number of carbonyl (C=O) groups is 2. The molecule has 1 atom stereocenters. The van der Waals surface area contributed by atoms with Crippen LogP contribution < -0.4 is 14.4 Å². The Morgan fingerprint density at radius 1 is 1.13 bits per heavy atom. The first-order valence-corrected chi connectivity index (χ1v) is 10.2. The van der Waals surface area contributed by atoms with E-state index in [9.17, 15) is 9.59 Å². The summed E-state index contributed by atoms with van der Waals surface area (Å²) in [7, 11) is 3.03. The van der Waals surface area contributed by atoms with Gasteiger partial charge in [-0.25, -0.2) is 4.79 Å². The topological polar surface area (TPSA) is 68.3 Å². The fourth-order valence-electron chi connectivity index (χ4n) is 4.12. The Morgan fingerprint density at radius 2 is 1.90 bits per heavy atom. The van der Waals surface area contributed by atoms with Gasteiger partial charge in [-0.15, -0.1) is 0 Å². The monoisotopic (exact) mass is 410 g/mol. The molecule has 1 amide bonds. The molecular formula is C23H26N2O5. The highest BCUT2D eigenvalue weighted by Crippen LogP contribution is 2.38. The van der Waals surface area contributed by atoms with Crippen LogP contribution in [0.15, 0.2) is 42.5 Å². The number of para-hydroxylation sites is 1. The van der Waals surface area contributed by atoms with E-state index in [1.54, 1.807) is 31.3 Å². The number of esters is 1. The van der Waals surface area contributed by atoms with Gasteiger partial charge in [-0.05, 0) is 49.2 Å². The SMILES string of the molecule is COC(=O)c1ccccc1N(C)C(=O)CN1CCC[C@H]1c1ccc2c(c1)OCCO2. The second-order valence-corrected chi connectivity index (χ2v) is 7.49. The van der Waals surface area contributed by atoms with Crippen LogP contribution >= 0.6 is 0 Å². The van der Waals surface area contributed by atoms with E-state index < -0.39 is 5.97 Å². The Hall–Kier alpha value is -3.06. The number of carbonyl (C=O) groups excluding carboxylic acids is 2. The lowest BCUT2D eigenvalue weighted by atomic mass is 10.0. The zero-order valence-corrected chi connectivity index (χ0v) is 17.3. The Morgan fingerprint density at radius 3 is 2.70 bits per heavy atom. The molecule has 0 aromatic heterocycles. The lowest BCUT2D eigenvalue weighted by molar-refractivity contribution is -0.119. The van der Waals surface area contributed by atoms with Crippen LogP contribution in [0.5, 0.6) is 11.5 Å². The van der Waals surface area contributed by atoms with Crippen LogP contribution in [-0.2, 0) is 9.53 Å². The highest BCUT2D eigenvalue weighted by atomic mass is 16.6. The predicted molar refractivity (Wildman–Crippen MR) is 112 cm³/mol. The third-order valence-electron chi connectivity index (χ3n) is 5.70. The van der Waals surface area contributed by atoms with Gasteiger partial charge in [0.25, 0.3) is 0 Å². The molecule has 0 unspecified atom stereocenters. The van der Waals surface area contributed by atoms with Crippen molar-refractivity contribution in [2.24, 2.45) is 0 Å². The average Bonchev–Trinajstić information content (AvgIpc) is 3.25. The van der Waals surface area contributed by atoms with Crippen molar-refractivity contribution in [3.8, 4) is 11.5 Å². The van der Waals surface area contributed by atoms with Gasteiger partial charge in [-0.3, -0.25) is 9.69 Å². The maximum Gasteiger partial charge on any atom is 0.339 e. The van der Waals surface area contributed by atoms with Gasteiger partial charge in [-0.2, -0.15) is 0 Å². The molecule has 1 fully saturated rings. The van der Waals surface area contributed by atoms with E-state index in [0.717, 1.165) is 36.4 Å². The predicted octanol–water partition coefficient (Wildman–Crippen LogP) is 3.04. The normalized spacial score (nSPS) is 18.1. The molecule has 0 saturated carbocycles. The molecule has 2 heterocycles. The summed E-state index contributed by atoms with van der Waals surface area (Å²) in [6, 6.07) is 13.2. The van der Waals surface area contributed by atoms with Gasteiger partial charge < -0.3 is 19.1 Å². The van der Waals surface area contributed by atoms with Crippen LogP contribution in [0, 0.1) is 0 Å². The van der Waals surface area contributed by atoms with Gasteiger partial charge in [0.1, 0.15) is 13.2 Å². The van der Waals surface area contributed by atoms with Gasteiger partial charge in [0.15, 0.2) is 11.5 Å². The number of likely N-dealkylation sites (N-methyl/N-ethyl adjacent to an activating group) is 1. The maximum absolute atomic E-state index is 13.1. The van der Waals surface area contributed by atoms with Crippen molar-refractivity contribution in [1.82, 2.24) is 4.90 Å². The van der Waals surface area contributed by atoms with Crippen LogP contribution in [0.3, 0.4) is 0 Å². The van der Waals surface area contributed by atoms with Crippen molar-refractivity contribution in [2.45, 2.75) is 18.9 Å². The largest absolute Gasteiger partial charge is 0.486 e. The Bertz CT molecular complexity index is 945. The minimum absolute atomic E-state index is 0.0733. The highest BCUT2D eigenvalue weighted by molar-refractivity contribution is 6.02. The van der Waals surface area contributed by atoms with Gasteiger partial charge >= 0.3 is 5.97 Å². The van der Waals surface area contributed by atoms with E-state index in [1.807, 2.05) is 12.1 Å². The van der Waals surface area contributed by atoms with E-state index in [4.69, 9.17) is 14.2 Å². The highest BCUT2D eigenvalue weighted by Gasteiger charge is 2.30. The second-order valence-electron chi connectivity index (χ2n) is 7.49. The molecule has 7 heteroatoms. The Kier molecular flexibility index (Phi) is 5.90. The van der Waals surface area contributed by atoms with Crippen LogP contribution in [0.1, 0.15) is 34.8 Å². The number of benzene rings is 2. The standard InChI is InChI=1S/C23H26N2O5/c1-24(19-7-4-3-6-17(19)23(27)28-2)22(26)15-25-11-5-8-18(25)16-9-10-20-21(14-16)30-13-12-29-20/h3-4,6-7,9-10,14,18H,5,8,11-13,15H2,1-2H3/t18-/m0/s1. The van der Waals surface area contributed by atoms with Gasteiger partial charge in [0, 0.05) is 13.1 Å². The Labute approximate surface area is 176 Å².